The lowest BCUT2D eigenvalue weighted by atomic mass is 10.6. The lowest BCUT2D eigenvalue weighted by Gasteiger charge is -2.04. The van der Waals surface area contributed by atoms with Gasteiger partial charge in [-0.1, -0.05) is 0 Å². The number of nitrogens with zero attached hydrogens (tertiary/aromatic N) is 3. The van der Waals surface area contributed by atoms with E-state index in [0.29, 0.717) is 25.0 Å². The standard InChI is InChI=1S/C7H12N5O2/c13-3-1-8-6-10-5-11-7(12-6)9-2-4-14/h13-14H,1-4H2,(H2,8,9,10,11,12). The van der Waals surface area contributed by atoms with Crippen LogP contribution in [-0.2, 0) is 0 Å². The summed E-state index contributed by atoms with van der Waals surface area (Å²) < 4.78 is 0. The molecule has 0 aliphatic rings. The van der Waals surface area contributed by atoms with Crippen LogP contribution in [0.2, 0.25) is 0 Å². The predicted octanol–water partition coefficient (Wildman–Crippen LogP) is -1.52. The van der Waals surface area contributed by atoms with Gasteiger partial charge in [-0.15, -0.1) is 0 Å². The molecule has 0 saturated heterocycles. The first-order valence-electron chi connectivity index (χ1n) is 4.18. The molecular formula is C7H12N5O2. The van der Waals surface area contributed by atoms with Crippen LogP contribution in [0.5, 0.6) is 0 Å². The fourth-order valence-electron chi connectivity index (χ4n) is 0.764. The summed E-state index contributed by atoms with van der Waals surface area (Å²) in [6.07, 6.45) is 2.40. The molecule has 14 heavy (non-hydrogen) atoms. The smallest absolute Gasteiger partial charge is 0.228 e. The number of anilines is 2. The number of aliphatic hydroxyl groups is 2. The predicted molar refractivity (Wildman–Crippen MR) is 49.8 cm³/mol. The van der Waals surface area contributed by atoms with Crippen molar-refractivity contribution in [2.75, 3.05) is 36.9 Å². The van der Waals surface area contributed by atoms with Crippen LogP contribution in [0.4, 0.5) is 11.9 Å². The normalized spacial score (nSPS) is 9.86. The van der Waals surface area contributed by atoms with Gasteiger partial charge in [0.15, 0.2) is 0 Å². The van der Waals surface area contributed by atoms with Crippen LogP contribution in [0.1, 0.15) is 0 Å². The number of rotatable bonds is 6. The molecule has 0 atom stereocenters. The van der Waals surface area contributed by atoms with Crippen LogP contribution in [0.3, 0.4) is 0 Å². The molecule has 0 amide bonds. The van der Waals surface area contributed by atoms with Gasteiger partial charge in [0.25, 0.3) is 0 Å². The van der Waals surface area contributed by atoms with Gasteiger partial charge in [0, 0.05) is 13.1 Å². The van der Waals surface area contributed by atoms with Crippen LogP contribution in [0.15, 0.2) is 0 Å². The second kappa shape index (κ2) is 6.06. The third-order valence-corrected chi connectivity index (χ3v) is 1.31. The van der Waals surface area contributed by atoms with Crippen molar-refractivity contribution in [3.63, 3.8) is 0 Å². The molecule has 4 N–H and O–H groups in total. The Morgan fingerprint density at radius 3 is 1.93 bits per heavy atom. The Hall–Kier alpha value is -1.47. The summed E-state index contributed by atoms with van der Waals surface area (Å²) in [6.45, 7) is 0.755. The van der Waals surface area contributed by atoms with E-state index in [1.807, 2.05) is 0 Å². The molecule has 1 aromatic rings. The summed E-state index contributed by atoms with van der Waals surface area (Å²) in [7, 11) is 0. The first-order valence-corrected chi connectivity index (χ1v) is 4.18. The Kier molecular flexibility index (Phi) is 4.59. The molecule has 0 aromatic carbocycles. The molecule has 0 spiro atoms. The molecule has 77 valence electrons. The minimum absolute atomic E-state index is 0.00504. The summed E-state index contributed by atoms with van der Waals surface area (Å²) in [6, 6.07) is 0. The lowest BCUT2D eigenvalue weighted by molar-refractivity contribution is 0.310. The van der Waals surface area contributed by atoms with E-state index in [-0.39, 0.29) is 13.2 Å². The third-order valence-electron chi connectivity index (χ3n) is 1.31. The molecule has 7 heteroatoms. The summed E-state index contributed by atoms with van der Waals surface area (Å²) in [5.74, 6) is 0.684. The Morgan fingerprint density at radius 1 is 1.00 bits per heavy atom. The zero-order valence-electron chi connectivity index (χ0n) is 7.56. The molecular weight excluding hydrogens is 186 g/mol. The SMILES string of the molecule is OCCNc1n[c]nc(NCCO)n1. The minimum Gasteiger partial charge on any atom is -0.395 e. The fraction of sp³-hybridized carbons (Fsp3) is 0.571. The van der Waals surface area contributed by atoms with Crippen LogP contribution >= 0.6 is 0 Å². The molecule has 0 aliphatic heterocycles. The topological polar surface area (TPSA) is 103 Å². The monoisotopic (exact) mass is 198 g/mol. The van der Waals surface area contributed by atoms with Crippen LogP contribution in [0, 0.1) is 6.33 Å². The van der Waals surface area contributed by atoms with Crippen molar-refractivity contribution in [3.8, 4) is 0 Å². The summed E-state index contributed by atoms with van der Waals surface area (Å²) in [5.41, 5.74) is 0. The van der Waals surface area contributed by atoms with E-state index in [4.69, 9.17) is 10.2 Å². The van der Waals surface area contributed by atoms with Crippen molar-refractivity contribution in [2.24, 2.45) is 0 Å². The second-order valence-corrected chi connectivity index (χ2v) is 2.38. The molecule has 1 radical (unpaired) electrons. The van der Waals surface area contributed by atoms with Crippen molar-refractivity contribution in [2.45, 2.75) is 0 Å². The molecule has 7 nitrogen and oxygen atoms in total. The van der Waals surface area contributed by atoms with Gasteiger partial charge < -0.3 is 20.8 Å². The van der Waals surface area contributed by atoms with E-state index < -0.39 is 0 Å². The van der Waals surface area contributed by atoms with E-state index in [1.54, 1.807) is 0 Å². The molecule has 0 saturated carbocycles. The lowest BCUT2D eigenvalue weighted by Crippen LogP contribution is -2.13. The first kappa shape index (κ1) is 10.6. The highest BCUT2D eigenvalue weighted by Gasteiger charge is 1.98. The average Bonchev–Trinajstić information content (AvgIpc) is 2.24. The molecule has 0 aliphatic carbocycles. The number of hydrogen-bond donors (Lipinski definition) is 4. The highest BCUT2D eigenvalue weighted by molar-refractivity contribution is 5.32. The second-order valence-electron chi connectivity index (χ2n) is 2.38. The number of aliphatic hydroxyl groups excluding tert-OH is 2. The molecule has 0 bridgehead atoms. The zero-order chi connectivity index (χ0) is 10.2. The van der Waals surface area contributed by atoms with E-state index >= 15 is 0 Å². The quantitative estimate of drug-likeness (QED) is 0.440. The van der Waals surface area contributed by atoms with Gasteiger partial charge in [-0.2, -0.15) is 15.0 Å². The van der Waals surface area contributed by atoms with Crippen molar-refractivity contribution in [1.29, 1.82) is 0 Å². The highest BCUT2D eigenvalue weighted by Crippen LogP contribution is 1.99. The van der Waals surface area contributed by atoms with E-state index in [2.05, 4.69) is 31.9 Å². The van der Waals surface area contributed by atoms with E-state index in [9.17, 15) is 0 Å². The summed E-state index contributed by atoms with van der Waals surface area (Å²) >= 11 is 0. The number of nitrogens with one attached hydrogen (secondary N) is 2. The highest BCUT2D eigenvalue weighted by atomic mass is 16.3. The van der Waals surface area contributed by atoms with Crippen LogP contribution in [0.25, 0.3) is 0 Å². The van der Waals surface area contributed by atoms with Gasteiger partial charge in [-0.3, -0.25) is 0 Å². The maximum absolute atomic E-state index is 8.55. The third kappa shape index (κ3) is 3.50. The van der Waals surface area contributed by atoms with Gasteiger partial charge >= 0.3 is 0 Å². The van der Waals surface area contributed by atoms with E-state index in [0.717, 1.165) is 0 Å². The fourth-order valence-corrected chi connectivity index (χ4v) is 0.764. The van der Waals surface area contributed by atoms with Crippen molar-refractivity contribution in [1.82, 2.24) is 15.0 Å². The Bertz CT molecular complexity index is 247. The van der Waals surface area contributed by atoms with Gasteiger partial charge in [-0.05, 0) is 0 Å². The van der Waals surface area contributed by atoms with Crippen molar-refractivity contribution in [3.05, 3.63) is 6.33 Å². The molecule has 1 heterocycles. The Balaban J connectivity index is 2.50. The van der Waals surface area contributed by atoms with Gasteiger partial charge in [0.05, 0.1) is 13.2 Å². The first-order chi connectivity index (χ1) is 6.86. The zero-order valence-corrected chi connectivity index (χ0v) is 7.56. The molecule has 0 unspecified atom stereocenters. The number of aromatic nitrogens is 3. The summed E-state index contributed by atoms with van der Waals surface area (Å²) in [4.78, 5) is 11.4. The largest absolute Gasteiger partial charge is 0.395 e. The Morgan fingerprint density at radius 2 is 1.50 bits per heavy atom. The minimum atomic E-state index is 0.00504. The van der Waals surface area contributed by atoms with Crippen molar-refractivity contribution >= 4 is 11.9 Å². The molecule has 0 fully saturated rings. The van der Waals surface area contributed by atoms with Gasteiger partial charge in [-0.25, -0.2) is 0 Å². The average molecular weight is 198 g/mol. The number of hydrogen-bond acceptors (Lipinski definition) is 7. The van der Waals surface area contributed by atoms with Gasteiger partial charge in [0.1, 0.15) is 0 Å². The van der Waals surface area contributed by atoms with Crippen LogP contribution in [-0.4, -0.2) is 51.5 Å². The Labute approximate surface area is 81.2 Å². The van der Waals surface area contributed by atoms with Crippen molar-refractivity contribution < 1.29 is 10.2 Å². The maximum atomic E-state index is 8.55. The molecule has 1 rings (SSSR count). The van der Waals surface area contributed by atoms with E-state index in [1.165, 1.54) is 0 Å². The maximum Gasteiger partial charge on any atom is 0.228 e. The van der Waals surface area contributed by atoms with Gasteiger partial charge in [0.2, 0.25) is 18.2 Å². The summed E-state index contributed by atoms with van der Waals surface area (Å²) in [5, 5.41) is 22.6. The molecule has 1 aromatic heterocycles. The van der Waals surface area contributed by atoms with Crippen LogP contribution < -0.4 is 10.6 Å².